The second kappa shape index (κ2) is 10.6. The van der Waals surface area contributed by atoms with Crippen LogP contribution in [0.5, 0.6) is 0 Å². The van der Waals surface area contributed by atoms with Gasteiger partial charge in [0.25, 0.3) is 0 Å². The molecule has 2 saturated carbocycles. The van der Waals surface area contributed by atoms with Gasteiger partial charge in [0.05, 0.1) is 46.0 Å². The Hall–Kier alpha value is -3.23. The number of ketones is 1. The van der Waals surface area contributed by atoms with Crippen LogP contribution in [0, 0.1) is 28.5 Å². The van der Waals surface area contributed by atoms with Crippen LogP contribution in [0.25, 0.3) is 21.3 Å². The Balaban J connectivity index is 1.35. The van der Waals surface area contributed by atoms with Gasteiger partial charge in [0.1, 0.15) is 5.78 Å². The van der Waals surface area contributed by atoms with Crippen LogP contribution in [-0.2, 0) is 14.6 Å². The highest BCUT2D eigenvalue weighted by Gasteiger charge is 2.47. The third-order valence-electron chi connectivity index (χ3n) is 8.44. The van der Waals surface area contributed by atoms with Crippen LogP contribution >= 0.6 is 11.3 Å². The standard InChI is InChI=1S/C29H30FN5O3S2/c30-20-16-32-27(33-17-20)28-34-25(23-4-2-1-3-22(23)24(36)15-29(18-31)9-10-29)26(39-28)19-5-7-21(8-6-19)35-11-13-40(37,38)14-12-35/h5-8,16-17,22-23H,1-4,9-15H2/t22-,23-/m1/s1. The lowest BCUT2D eigenvalue weighted by Crippen LogP contribution is -2.40. The van der Waals surface area contributed by atoms with Crippen LogP contribution in [0.2, 0.25) is 0 Å². The Morgan fingerprint density at radius 3 is 2.42 bits per heavy atom. The molecular weight excluding hydrogens is 549 g/mol. The number of rotatable bonds is 7. The fraction of sp³-hybridized carbons (Fsp3) is 0.483. The third-order valence-corrected chi connectivity index (χ3v) is 11.2. The number of carbonyl (C=O) groups excluding carboxylic acids is 1. The van der Waals surface area contributed by atoms with E-state index in [-0.39, 0.29) is 29.1 Å². The molecule has 2 atom stereocenters. The molecule has 208 valence electrons. The van der Waals surface area contributed by atoms with Gasteiger partial charge in [-0.1, -0.05) is 25.0 Å². The third kappa shape index (κ3) is 5.52. The molecule has 11 heteroatoms. The molecule has 1 aromatic carbocycles. The van der Waals surface area contributed by atoms with E-state index < -0.39 is 21.1 Å². The number of halogens is 1. The summed E-state index contributed by atoms with van der Waals surface area (Å²) in [7, 11) is -2.97. The summed E-state index contributed by atoms with van der Waals surface area (Å²) < 4.78 is 37.3. The van der Waals surface area contributed by atoms with E-state index >= 15 is 0 Å². The minimum absolute atomic E-state index is 0.0804. The average molecular weight is 580 g/mol. The molecular formula is C29H30FN5O3S2. The van der Waals surface area contributed by atoms with Gasteiger partial charge in [0.2, 0.25) is 0 Å². The average Bonchev–Trinajstić information content (AvgIpc) is 3.60. The summed E-state index contributed by atoms with van der Waals surface area (Å²) in [5, 5.41) is 10.2. The number of carbonyl (C=O) groups is 1. The highest BCUT2D eigenvalue weighted by atomic mass is 32.2. The molecule has 1 saturated heterocycles. The van der Waals surface area contributed by atoms with Crippen LogP contribution in [-0.4, -0.2) is 53.7 Å². The normalized spacial score (nSPS) is 23.4. The summed E-state index contributed by atoms with van der Waals surface area (Å²) in [6, 6.07) is 10.4. The van der Waals surface area contributed by atoms with Gasteiger partial charge in [-0.2, -0.15) is 5.26 Å². The van der Waals surface area contributed by atoms with E-state index in [1.165, 1.54) is 11.3 Å². The Morgan fingerprint density at radius 1 is 1.10 bits per heavy atom. The van der Waals surface area contributed by atoms with Crippen molar-refractivity contribution >= 4 is 32.6 Å². The number of anilines is 1. The Bertz CT molecular complexity index is 1550. The van der Waals surface area contributed by atoms with E-state index in [9.17, 15) is 22.9 Å². The van der Waals surface area contributed by atoms with E-state index in [0.717, 1.165) is 72.7 Å². The van der Waals surface area contributed by atoms with Gasteiger partial charge in [-0.15, -0.1) is 11.3 Å². The molecule has 3 fully saturated rings. The van der Waals surface area contributed by atoms with Crippen LogP contribution in [0.1, 0.15) is 56.6 Å². The van der Waals surface area contributed by atoms with E-state index in [4.69, 9.17) is 4.98 Å². The number of thiazole rings is 1. The summed E-state index contributed by atoms with van der Waals surface area (Å²) in [5.74, 6) is -0.00737. The zero-order valence-corrected chi connectivity index (χ0v) is 23.7. The van der Waals surface area contributed by atoms with Crippen LogP contribution in [0.15, 0.2) is 36.7 Å². The van der Waals surface area contributed by atoms with Crippen molar-refractivity contribution in [2.24, 2.45) is 11.3 Å². The highest BCUT2D eigenvalue weighted by molar-refractivity contribution is 7.91. The first kappa shape index (κ1) is 27.0. The Morgan fingerprint density at radius 2 is 1.77 bits per heavy atom. The largest absolute Gasteiger partial charge is 0.369 e. The SMILES string of the molecule is N#CC1(CC(=O)[C@@H]2CCCC[C@H]2c2nc(-c3ncc(F)cn3)sc2-c2ccc(N3CCS(=O)(=O)CC3)cc2)CC1. The van der Waals surface area contributed by atoms with Crippen molar-refractivity contribution in [2.45, 2.75) is 50.9 Å². The van der Waals surface area contributed by atoms with Crippen molar-refractivity contribution in [3.05, 3.63) is 48.2 Å². The van der Waals surface area contributed by atoms with Gasteiger partial charge >= 0.3 is 0 Å². The molecule has 0 amide bonds. The Kier molecular flexibility index (Phi) is 7.17. The molecule has 2 aliphatic carbocycles. The lowest BCUT2D eigenvalue weighted by Gasteiger charge is -2.31. The molecule has 6 rings (SSSR count). The fourth-order valence-corrected chi connectivity index (χ4v) is 8.18. The van der Waals surface area contributed by atoms with Crippen molar-refractivity contribution in [2.75, 3.05) is 29.5 Å². The first-order chi connectivity index (χ1) is 19.3. The second-order valence-corrected chi connectivity index (χ2v) is 14.5. The maximum Gasteiger partial charge on any atom is 0.188 e. The van der Waals surface area contributed by atoms with Gasteiger partial charge in [-0.25, -0.2) is 27.8 Å². The number of aromatic nitrogens is 3. The molecule has 2 aromatic heterocycles. The quantitative estimate of drug-likeness (QED) is 0.376. The first-order valence-electron chi connectivity index (χ1n) is 13.7. The molecule has 0 unspecified atom stereocenters. The van der Waals surface area contributed by atoms with E-state index in [1.807, 2.05) is 24.3 Å². The van der Waals surface area contributed by atoms with Gasteiger partial charge in [-0.05, 0) is 43.4 Å². The number of Topliss-reactive ketones (excluding diaryl/α,β-unsaturated/α-hetero) is 1. The van der Waals surface area contributed by atoms with E-state index in [1.54, 1.807) is 0 Å². The lowest BCUT2D eigenvalue weighted by atomic mass is 9.73. The molecule has 0 radical (unpaired) electrons. The number of nitriles is 1. The summed E-state index contributed by atoms with van der Waals surface area (Å²) in [6.07, 6.45) is 7.71. The summed E-state index contributed by atoms with van der Waals surface area (Å²) in [5.41, 5.74) is 2.26. The van der Waals surface area contributed by atoms with Gasteiger partial charge in [0.15, 0.2) is 26.5 Å². The minimum Gasteiger partial charge on any atom is -0.369 e. The van der Waals surface area contributed by atoms with Crippen molar-refractivity contribution in [3.63, 3.8) is 0 Å². The molecule has 0 N–H and O–H groups in total. The predicted octanol–water partition coefficient (Wildman–Crippen LogP) is 5.18. The summed E-state index contributed by atoms with van der Waals surface area (Å²) in [6.45, 7) is 0.936. The molecule has 1 aliphatic heterocycles. The maximum atomic E-state index is 13.5. The fourth-order valence-electron chi connectivity index (χ4n) is 5.89. The van der Waals surface area contributed by atoms with E-state index in [0.29, 0.717) is 30.3 Å². The van der Waals surface area contributed by atoms with Crippen LogP contribution < -0.4 is 4.90 Å². The van der Waals surface area contributed by atoms with Gasteiger partial charge < -0.3 is 4.90 Å². The topological polar surface area (TPSA) is 117 Å². The first-order valence-corrected chi connectivity index (χ1v) is 16.4. The predicted molar refractivity (Wildman–Crippen MR) is 151 cm³/mol. The molecule has 0 spiro atoms. The highest BCUT2D eigenvalue weighted by Crippen LogP contribution is 2.51. The number of sulfone groups is 1. The van der Waals surface area contributed by atoms with Crippen molar-refractivity contribution in [1.82, 2.24) is 15.0 Å². The summed E-state index contributed by atoms with van der Waals surface area (Å²) >= 11 is 1.44. The number of hydrogen-bond donors (Lipinski definition) is 0. The lowest BCUT2D eigenvalue weighted by molar-refractivity contribution is -0.125. The zero-order valence-electron chi connectivity index (χ0n) is 22.1. The van der Waals surface area contributed by atoms with Crippen LogP contribution in [0.4, 0.5) is 10.1 Å². The molecule has 8 nitrogen and oxygen atoms in total. The minimum atomic E-state index is -2.97. The van der Waals surface area contributed by atoms with Crippen molar-refractivity contribution in [1.29, 1.82) is 5.26 Å². The molecule has 0 bridgehead atoms. The van der Waals surface area contributed by atoms with Crippen molar-refractivity contribution in [3.8, 4) is 27.3 Å². The van der Waals surface area contributed by atoms with E-state index in [2.05, 4.69) is 20.9 Å². The van der Waals surface area contributed by atoms with Gasteiger partial charge in [-0.3, -0.25) is 4.79 Å². The van der Waals surface area contributed by atoms with Crippen molar-refractivity contribution < 1.29 is 17.6 Å². The van der Waals surface area contributed by atoms with Crippen LogP contribution in [0.3, 0.4) is 0 Å². The molecule has 3 aliphatic rings. The number of hydrogen-bond acceptors (Lipinski definition) is 9. The Labute approximate surface area is 237 Å². The molecule has 40 heavy (non-hydrogen) atoms. The number of nitrogens with zero attached hydrogens (tertiary/aromatic N) is 5. The monoisotopic (exact) mass is 579 g/mol. The maximum absolute atomic E-state index is 13.5. The summed E-state index contributed by atoms with van der Waals surface area (Å²) in [4.78, 5) is 29.8. The molecule has 3 heterocycles. The molecule has 3 aromatic rings. The smallest absolute Gasteiger partial charge is 0.188 e. The van der Waals surface area contributed by atoms with Gasteiger partial charge in [0, 0.05) is 37.0 Å². The second-order valence-electron chi connectivity index (χ2n) is 11.2. The number of benzene rings is 1. The zero-order chi connectivity index (χ0) is 27.9.